The highest BCUT2D eigenvalue weighted by atomic mass is 16.6. The number of amides is 1. The van der Waals surface area contributed by atoms with Crippen molar-refractivity contribution in [2.75, 3.05) is 19.6 Å². The quantitative estimate of drug-likeness (QED) is 0.897. The summed E-state index contributed by atoms with van der Waals surface area (Å²) in [7, 11) is 0. The summed E-state index contributed by atoms with van der Waals surface area (Å²) >= 11 is 0. The molecule has 0 aromatic heterocycles. The Morgan fingerprint density at radius 1 is 1.17 bits per heavy atom. The number of nitrogens with one attached hydrogen (secondary N) is 1. The number of hydrogen-bond donors (Lipinski definition) is 1. The molecule has 1 aromatic carbocycles. The number of carbonyl (C=O) groups excluding carboxylic acids is 1. The first-order chi connectivity index (χ1) is 11.0. The predicted molar refractivity (Wildman–Crippen MR) is 98.4 cm³/mol. The first kappa shape index (κ1) is 18.8. The molecule has 1 fully saturated rings. The molecule has 1 amide bonds. The first-order valence-electron chi connectivity index (χ1n) is 8.85. The van der Waals surface area contributed by atoms with Crippen LogP contribution in [0.1, 0.15) is 52.7 Å². The maximum atomic E-state index is 12.2. The second kappa shape index (κ2) is 7.14. The third kappa shape index (κ3) is 5.52. The smallest absolute Gasteiger partial charge is 0.410 e. The highest BCUT2D eigenvalue weighted by Gasteiger charge is 2.27. The zero-order valence-electron chi connectivity index (χ0n) is 16.0. The lowest BCUT2D eigenvalue weighted by molar-refractivity contribution is 0.0195. The Kier molecular flexibility index (Phi) is 5.59. The molecule has 1 aliphatic heterocycles. The molecule has 0 saturated carbocycles. The van der Waals surface area contributed by atoms with E-state index in [1.54, 1.807) is 0 Å². The van der Waals surface area contributed by atoms with Gasteiger partial charge < -0.3 is 15.0 Å². The van der Waals surface area contributed by atoms with Gasteiger partial charge in [0.25, 0.3) is 0 Å². The van der Waals surface area contributed by atoms with Gasteiger partial charge in [-0.25, -0.2) is 4.79 Å². The van der Waals surface area contributed by atoms with Crippen molar-refractivity contribution in [3.05, 3.63) is 35.4 Å². The van der Waals surface area contributed by atoms with Crippen LogP contribution in [0, 0.1) is 0 Å². The lowest BCUT2D eigenvalue weighted by Crippen LogP contribution is -2.54. The lowest BCUT2D eigenvalue weighted by atomic mass is 9.86. The molecule has 0 spiro atoms. The van der Waals surface area contributed by atoms with Gasteiger partial charge in [0.1, 0.15) is 5.60 Å². The molecule has 2 rings (SSSR count). The minimum atomic E-state index is -0.444. The van der Waals surface area contributed by atoms with Crippen molar-refractivity contribution in [2.45, 2.75) is 65.0 Å². The summed E-state index contributed by atoms with van der Waals surface area (Å²) in [5.74, 6) is 0. The second-order valence-corrected chi connectivity index (χ2v) is 8.73. The first-order valence-corrected chi connectivity index (χ1v) is 8.85. The number of hydrogen-bond acceptors (Lipinski definition) is 3. The molecule has 1 saturated heterocycles. The summed E-state index contributed by atoms with van der Waals surface area (Å²) in [6, 6.07) is 9.10. The molecule has 4 nitrogen and oxygen atoms in total. The van der Waals surface area contributed by atoms with Gasteiger partial charge in [-0.1, -0.05) is 45.0 Å². The average molecular weight is 332 g/mol. The fourth-order valence-electron chi connectivity index (χ4n) is 2.88. The molecule has 24 heavy (non-hydrogen) atoms. The molecule has 1 atom stereocenters. The number of rotatable bonds is 2. The van der Waals surface area contributed by atoms with E-state index in [9.17, 15) is 4.79 Å². The van der Waals surface area contributed by atoms with Crippen molar-refractivity contribution in [3.8, 4) is 0 Å². The molecule has 1 heterocycles. The second-order valence-electron chi connectivity index (χ2n) is 8.73. The van der Waals surface area contributed by atoms with Crippen LogP contribution in [0.25, 0.3) is 0 Å². The van der Waals surface area contributed by atoms with Crippen molar-refractivity contribution in [1.82, 2.24) is 10.2 Å². The van der Waals surface area contributed by atoms with E-state index < -0.39 is 5.60 Å². The van der Waals surface area contributed by atoms with Crippen LogP contribution >= 0.6 is 0 Å². The summed E-state index contributed by atoms with van der Waals surface area (Å²) in [6.07, 6.45) is 0.709. The molecule has 0 aliphatic carbocycles. The van der Waals surface area contributed by atoms with E-state index in [0.29, 0.717) is 13.1 Å². The van der Waals surface area contributed by atoms with E-state index in [1.807, 2.05) is 25.7 Å². The van der Waals surface area contributed by atoms with E-state index in [2.05, 4.69) is 50.4 Å². The summed E-state index contributed by atoms with van der Waals surface area (Å²) in [5, 5.41) is 3.51. The van der Waals surface area contributed by atoms with Crippen LogP contribution in [-0.2, 0) is 16.6 Å². The van der Waals surface area contributed by atoms with Crippen LogP contribution in [0.4, 0.5) is 4.79 Å². The molecule has 0 unspecified atom stereocenters. The molecule has 1 N–H and O–H groups in total. The number of benzene rings is 1. The zero-order chi connectivity index (χ0) is 18.0. The molecule has 4 heteroatoms. The van der Waals surface area contributed by atoms with Gasteiger partial charge in [0.15, 0.2) is 0 Å². The van der Waals surface area contributed by atoms with Crippen molar-refractivity contribution in [1.29, 1.82) is 0 Å². The average Bonchev–Trinajstić information content (AvgIpc) is 2.45. The van der Waals surface area contributed by atoms with E-state index in [4.69, 9.17) is 4.74 Å². The Morgan fingerprint density at radius 3 is 2.33 bits per heavy atom. The molecule has 134 valence electrons. The fourth-order valence-corrected chi connectivity index (χ4v) is 2.88. The van der Waals surface area contributed by atoms with Crippen LogP contribution in [0.3, 0.4) is 0 Å². The van der Waals surface area contributed by atoms with Crippen molar-refractivity contribution in [3.63, 3.8) is 0 Å². The zero-order valence-corrected chi connectivity index (χ0v) is 16.0. The topological polar surface area (TPSA) is 41.6 Å². The van der Waals surface area contributed by atoms with Gasteiger partial charge in [0.05, 0.1) is 0 Å². The van der Waals surface area contributed by atoms with E-state index in [0.717, 1.165) is 13.0 Å². The minimum Gasteiger partial charge on any atom is -0.444 e. The standard InChI is InChI=1S/C20H32N2O2/c1-19(2,3)16-9-7-15(8-10-16)13-17-14-22(12-11-21-17)18(23)24-20(4,5)6/h7-10,17,21H,11-14H2,1-6H3/t17-/m0/s1. The molecular weight excluding hydrogens is 300 g/mol. The van der Waals surface area contributed by atoms with Crippen molar-refractivity contribution < 1.29 is 9.53 Å². The third-order valence-corrected chi connectivity index (χ3v) is 4.21. The van der Waals surface area contributed by atoms with Crippen LogP contribution in [0.15, 0.2) is 24.3 Å². The molecule has 0 bridgehead atoms. The number of ether oxygens (including phenoxy) is 1. The maximum Gasteiger partial charge on any atom is 0.410 e. The summed E-state index contributed by atoms with van der Waals surface area (Å²) < 4.78 is 5.49. The molecule has 1 aromatic rings. The number of piperazine rings is 1. The van der Waals surface area contributed by atoms with Crippen LogP contribution in [0.5, 0.6) is 0 Å². The lowest BCUT2D eigenvalue weighted by Gasteiger charge is -2.35. The summed E-state index contributed by atoms with van der Waals surface area (Å²) in [6.45, 7) is 14.6. The highest BCUT2D eigenvalue weighted by Crippen LogP contribution is 2.22. The van der Waals surface area contributed by atoms with Gasteiger partial charge in [-0.2, -0.15) is 0 Å². The number of carbonyl (C=O) groups is 1. The van der Waals surface area contributed by atoms with Crippen LogP contribution in [0.2, 0.25) is 0 Å². The third-order valence-electron chi connectivity index (χ3n) is 4.21. The van der Waals surface area contributed by atoms with Gasteiger partial charge in [-0.15, -0.1) is 0 Å². The van der Waals surface area contributed by atoms with E-state index in [1.165, 1.54) is 11.1 Å². The van der Waals surface area contributed by atoms with Gasteiger partial charge in [0.2, 0.25) is 0 Å². The van der Waals surface area contributed by atoms with E-state index in [-0.39, 0.29) is 17.6 Å². The van der Waals surface area contributed by atoms with Gasteiger partial charge in [0, 0.05) is 25.7 Å². The van der Waals surface area contributed by atoms with Crippen LogP contribution in [-0.4, -0.2) is 42.3 Å². The van der Waals surface area contributed by atoms with Gasteiger partial charge in [-0.3, -0.25) is 0 Å². The highest BCUT2D eigenvalue weighted by molar-refractivity contribution is 5.68. The van der Waals surface area contributed by atoms with E-state index >= 15 is 0 Å². The van der Waals surface area contributed by atoms with Crippen molar-refractivity contribution >= 4 is 6.09 Å². The van der Waals surface area contributed by atoms with Crippen LogP contribution < -0.4 is 5.32 Å². The molecule has 0 radical (unpaired) electrons. The monoisotopic (exact) mass is 332 g/mol. The Balaban J connectivity index is 1.94. The fraction of sp³-hybridized carbons (Fsp3) is 0.650. The Hall–Kier alpha value is -1.55. The minimum absolute atomic E-state index is 0.176. The van der Waals surface area contributed by atoms with Gasteiger partial charge in [-0.05, 0) is 43.7 Å². The number of nitrogens with zero attached hydrogens (tertiary/aromatic N) is 1. The Bertz CT molecular complexity index is 552. The molecule has 1 aliphatic rings. The normalized spacial score (nSPS) is 19.2. The Morgan fingerprint density at radius 2 is 1.79 bits per heavy atom. The summed E-state index contributed by atoms with van der Waals surface area (Å²) in [4.78, 5) is 14.1. The van der Waals surface area contributed by atoms with Crippen molar-refractivity contribution in [2.24, 2.45) is 0 Å². The predicted octanol–water partition coefficient (Wildman–Crippen LogP) is 3.74. The largest absolute Gasteiger partial charge is 0.444 e. The Labute approximate surface area is 146 Å². The SMILES string of the molecule is CC(C)(C)OC(=O)N1CCN[C@@H](Cc2ccc(C(C)(C)C)cc2)C1. The molecular formula is C20H32N2O2. The van der Waals surface area contributed by atoms with Gasteiger partial charge >= 0.3 is 6.09 Å². The maximum absolute atomic E-state index is 12.2. The summed E-state index contributed by atoms with van der Waals surface area (Å²) in [5.41, 5.74) is 2.37.